The highest BCUT2D eigenvalue weighted by Crippen LogP contribution is 2.33. The number of phenols is 1. The molecule has 0 spiro atoms. The van der Waals surface area contributed by atoms with Crippen LogP contribution in [0.1, 0.15) is 43.9 Å². The number of hydrogen-bond donors (Lipinski definition) is 3. The lowest BCUT2D eigenvalue weighted by Gasteiger charge is -2.14. The second-order valence-corrected chi connectivity index (χ2v) is 12.5. The van der Waals surface area contributed by atoms with Gasteiger partial charge in [-0.2, -0.15) is 5.10 Å². The van der Waals surface area contributed by atoms with Gasteiger partial charge in [-0.05, 0) is 61.5 Å². The third-order valence-corrected chi connectivity index (χ3v) is 8.15. The number of hydrogen-bond acceptors (Lipinski definition) is 8. The van der Waals surface area contributed by atoms with Crippen LogP contribution in [0.25, 0.3) is 20.9 Å². The van der Waals surface area contributed by atoms with Gasteiger partial charge < -0.3 is 19.9 Å². The number of urea groups is 1. The molecule has 0 aliphatic rings. The lowest BCUT2D eigenvalue weighted by Crippen LogP contribution is -2.21. The van der Waals surface area contributed by atoms with Crippen molar-refractivity contribution in [3.63, 3.8) is 0 Å². The molecule has 0 aliphatic heterocycles. The maximum atomic E-state index is 13.0. The van der Waals surface area contributed by atoms with Gasteiger partial charge in [0.05, 0.1) is 39.4 Å². The normalized spacial score (nSPS) is 11.6. The second-order valence-electron chi connectivity index (χ2n) is 11.1. The first-order chi connectivity index (χ1) is 21.5. The van der Waals surface area contributed by atoms with E-state index in [0.717, 1.165) is 15.9 Å². The number of anilines is 2. The van der Waals surface area contributed by atoms with Gasteiger partial charge in [0.15, 0.2) is 10.7 Å². The van der Waals surface area contributed by atoms with Crippen LogP contribution in [0.3, 0.4) is 0 Å². The summed E-state index contributed by atoms with van der Waals surface area (Å²) in [5, 5.41) is 20.4. The number of esters is 1. The third-order valence-electron chi connectivity index (χ3n) is 6.83. The van der Waals surface area contributed by atoms with Crippen LogP contribution in [-0.4, -0.2) is 42.9 Å². The Morgan fingerprint density at radius 3 is 2.47 bits per heavy atom. The fraction of sp³-hybridized carbons (Fsp3) is 0.188. The summed E-state index contributed by atoms with van der Waals surface area (Å²) in [5.41, 5.74) is 2.83. The summed E-state index contributed by atoms with van der Waals surface area (Å²) in [6.07, 6.45) is 1.52. The molecule has 3 aromatic carbocycles. The number of thiazole rings is 1. The van der Waals surface area contributed by atoms with Gasteiger partial charge in [-0.25, -0.2) is 19.3 Å². The number of nitrogens with zero attached hydrogens (tertiary/aromatic N) is 4. The molecule has 0 radical (unpaired) electrons. The van der Waals surface area contributed by atoms with Crippen molar-refractivity contribution in [1.82, 2.24) is 19.2 Å². The van der Waals surface area contributed by atoms with Crippen LogP contribution in [0.2, 0.25) is 5.02 Å². The Kier molecular flexibility index (Phi) is 7.85. The number of halogens is 1. The second kappa shape index (κ2) is 11.8. The monoisotopic (exact) mass is 644 g/mol. The van der Waals surface area contributed by atoms with E-state index in [0.29, 0.717) is 39.3 Å². The van der Waals surface area contributed by atoms with Gasteiger partial charge in [-0.1, -0.05) is 43.7 Å². The van der Waals surface area contributed by atoms with E-state index >= 15 is 0 Å². The van der Waals surface area contributed by atoms with Crippen LogP contribution >= 0.6 is 22.9 Å². The fourth-order valence-corrected chi connectivity index (χ4v) is 5.80. The van der Waals surface area contributed by atoms with Gasteiger partial charge in [0.1, 0.15) is 23.1 Å². The Balaban J connectivity index is 1.15. The highest BCUT2D eigenvalue weighted by molar-refractivity contribution is 7.23. The van der Waals surface area contributed by atoms with Crippen molar-refractivity contribution in [1.29, 1.82) is 0 Å². The van der Waals surface area contributed by atoms with E-state index in [9.17, 15) is 14.7 Å². The number of phenolic OH excluding ortho intramolecular Hbond substituents is 1. The number of amides is 2. The molecule has 45 heavy (non-hydrogen) atoms. The van der Waals surface area contributed by atoms with Gasteiger partial charge >= 0.3 is 12.0 Å². The molecular weight excluding hydrogens is 616 g/mol. The summed E-state index contributed by atoms with van der Waals surface area (Å²) in [4.78, 5) is 30.4. The third kappa shape index (κ3) is 6.15. The molecule has 2 amide bonds. The maximum Gasteiger partial charge on any atom is 0.357 e. The molecule has 6 aromatic rings. The van der Waals surface area contributed by atoms with Crippen molar-refractivity contribution in [3.05, 3.63) is 89.3 Å². The Labute approximate surface area is 267 Å². The lowest BCUT2D eigenvalue weighted by molar-refractivity contribution is 0.0518. The van der Waals surface area contributed by atoms with E-state index in [-0.39, 0.29) is 22.8 Å². The highest BCUT2D eigenvalue weighted by Gasteiger charge is 2.22. The smallest absolute Gasteiger partial charge is 0.357 e. The summed E-state index contributed by atoms with van der Waals surface area (Å²) in [6, 6.07) is 18.6. The number of carbonyl (C=O) groups is 2. The van der Waals surface area contributed by atoms with E-state index in [1.807, 2.05) is 39.0 Å². The van der Waals surface area contributed by atoms with Crippen LogP contribution in [0.4, 0.5) is 16.3 Å². The van der Waals surface area contributed by atoms with Crippen LogP contribution in [-0.2, 0) is 10.2 Å². The number of aromatic nitrogens is 4. The minimum absolute atomic E-state index is 0.0457. The van der Waals surface area contributed by atoms with Crippen molar-refractivity contribution in [3.8, 4) is 22.9 Å². The summed E-state index contributed by atoms with van der Waals surface area (Å²) in [7, 11) is 0. The topological polar surface area (TPSA) is 132 Å². The van der Waals surface area contributed by atoms with Crippen LogP contribution < -0.4 is 15.4 Å². The van der Waals surface area contributed by atoms with E-state index in [1.54, 1.807) is 58.5 Å². The molecular formula is C32H29ClN6O5S. The number of ether oxygens (including phenoxy) is 2. The first-order valence-electron chi connectivity index (χ1n) is 14.0. The number of nitrogens with one attached hydrogen (secondary N) is 2. The van der Waals surface area contributed by atoms with Gasteiger partial charge in [-0.3, -0.25) is 9.72 Å². The van der Waals surface area contributed by atoms with Gasteiger partial charge in [0, 0.05) is 23.2 Å². The molecule has 0 bridgehead atoms. The van der Waals surface area contributed by atoms with Crippen LogP contribution in [0, 0.1) is 0 Å². The van der Waals surface area contributed by atoms with Crippen molar-refractivity contribution < 1.29 is 24.2 Å². The molecule has 0 atom stereocenters. The average Bonchev–Trinajstić information content (AvgIpc) is 3.69. The number of fused-ring (bicyclic) bond motifs is 3. The number of benzene rings is 3. The molecule has 3 aromatic heterocycles. The molecule has 11 nitrogen and oxygen atoms in total. The Morgan fingerprint density at radius 2 is 1.76 bits per heavy atom. The van der Waals surface area contributed by atoms with E-state index in [2.05, 4.69) is 20.7 Å². The zero-order valence-corrected chi connectivity index (χ0v) is 26.4. The molecule has 0 saturated carbocycles. The molecule has 230 valence electrons. The quantitative estimate of drug-likeness (QED) is 0.150. The predicted molar refractivity (Wildman–Crippen MR) is 175 cm³/mol. The van der Waals surface area contributed by atoms with Gasteiger partial charge in [0.25, 0.3) is 0 Å². The fourth-order valence-electron chi connectivity index (χ4n) is 4.59. The van der Waals surface area contributed by atoms with E-state index in [1.165, 1.54) is 23.6 Å². The molecule has 3 N–H and O–H groups in total. The molecule has 3 heterocycles. The Hall–Kier alpha value is -5.07. The average molecular weight is 645 g/mol. The van der Waals surface area contributed by atoms with Crippen molar-refractivity contribution in [2.45, 2.75) is 33.1 Å². The summed E-state index contributed by atoms with van der Waals surface area (Å²) < 4.78 is 15.5. The standard InChI is InChI=1S/C32H29ClN6O5S/c1-5-43-29(41)24-17-34-31-38(24)23-12-11-21(15-26(23)45-31)44-20-9-6-18(7-10-20)35-30(42)36-28-16-27(32(2,3)4)37-39(28)19-8-13-25(40)22(33)14-19/h6-17,40H,5H2,1-4H3,(H2,35,36,42). The molecule has 0 saturated heterocycles. The van der Waals surface area contributed by atoms with E-state index < -0.39 is 12.0 Å². The summed E-state index contributed by atoms with van der Waals surface area (Å²) >= 11 is 7.58. The SMILES string of the molecule is CCOC(=O)c1cnc2sc3cc(Oc4ccc(NC(=O)Nc5cc(C(C)(C)C)nn5-c5ccc(O)c(Cl)c5)cc4)ccc3n12. The largest absolute Gasteiger partial charge is 0.506 e. The van der Waals surface area contributed by atoms with Crippen molar-refractivity contribution in [2.24, 2.45) is 0 Å². The molecule has 6 rings (SSSR count). The van der Waals surface area contributed by atoms with Crippen molar-refractivity contribution in [2.75, 3.05) is 17.2 Å². The first kappa shape index (κ1) is 30.0. The molecule has 0 unspecified atom stereocenters. The Bertz CT molecular complexity index is 2060. The van der Waals surface area contributed by atoms with Crippen LogP contribution in [0.5, 0.6) is 17.2 Å². The number of aromatic hydroxyl groups is 1. The lowest BCUT2D eigenvalue weighted by atomic mass is 9.92. The first-order valence-corrected chi connectivity index (χ1v) is 15.2. The summed E-state index contributed by atoms with van der Waals surface area (Å²) in [6.45, 7) is 8.12. The molecule has 0 aliphatic carbocycles. The minimum atomic E-state index is -0.467. The maximum absolute atomic E-state index is 13.0. The van der Waals surface area contributed by atoms with Crippen molar-refractivity contribution >= 4 is 61.6 Å². The number of carbonyl (C=O) groups excluding carboxylic acids is 2. The van der Waals surface area contributed by atoms with E-state index in [4.69, 9.17) is 21.1 Å². The predicted octanol–water partition coefficient (Wildman–Crippen LogP) is 8.00. The number of rotatable bonds is 7. The highest BCUT2D eigenvalue weighted by atomic mass is 35.5. The molecule has 13 heteroatoms. The zero-order valence-electron chi connectivity index (χ0n) is 24.8. The number of imidazole rings is 1. The van der Waals surface area contributed by atoms with Gasteiger partial charge in [0.2, 0.25) is 0 Å². The molecule has 0 fully saturated rings. The minimum Gasteiger partial charge on any atom is -0.506 e. The van der Waals surface area contributed by atoms with Gasteiger partial charge in [-0.15, -0.1) is 0 Å². The zero-order chi connectivity index (χ0) is 31.9. The summed E-state index contributed by atoms with van der Waals surface area (Å²) in [5.74, 6) is 1.15. The Morgan fingerprint density at radius 1 is 1.00 bits per heavy atom. The van der Waals surface area contributed by atoms with Crippen LogP contribution in [0.15, 0.2) is 72.9 Å².